The highest BCUT2D eigenvalue weighted by molar-refractivity contribution is 6.30. The number of nitrogens with zero attached hydrogens (tertiary/aromatic N) is 2. The predicted molar refractivity (Wildman–Crippen MR) is 113 cm³/mol. The monoisotopic (exact) mass is 467 g/mol. The van der Waals surface area contributed by atoms with Crippen LogP contribution < -0.4 is 10.1 Å². The van der Waals surface area contributed by atoms with Gasteiger partial charge in [0.2, 0.25) is 6.10 Å². The molecule has 3 rings (SSSR count). The lowest BCUT2D eigenvalue weighted by atomic mass is 10.1. The lowest BCUT2D eigenvalue weighted by Gasteiger charge is -2.35. The fourth-order valence-corrected chi connectivity index (χ4v) is 3.45. The van der Waals surface area contributed by atoms with Crippen LogP contribution in [0.25, 0.3) is 0 Å². The Morgan fingerprint density at radius 3 is 2.53 bits per heavy atom. The Bertz CT molecular complexity index is 946. The summed E-state index contributed by atoms with van der Waals surface area (Å²) >= 11 is 5.76. The van der Waals surface area contributed by atoms with Gasteiger partial charge >= 0.3 is 12.3 Å². The van der Waals surface area contributed by atoms with Gasteiger partial charge in [0.1, 0.15) is 11.9 Å². The molecule has 2 aromatic rings. The summed E-state index contributed by atoms with van der Waals surface area (Å²) in [6.45, 7) is 0.196. The van der Waals surface area contributed by atoms with E-state index in [0.717, 1.165) is 0 Å². The zero-order valence-electron chi connectivity index (χ0n) is 16.9. The van der Waals surface area contributed by atoms with Gasteiger partial charge in [-0.05, 0) is 67.9 Å². The molecule has 0 radical (unpaired) electrons. The summed E-state index contributed by atoms with van der Waals surface area (Å²) in [4.78, 5) is 13.6. The number of anilines is 1. The van der Waals surface area contributed by atoms with Gasteiger partial charge in [-0.25, -0.2) is 4.79 Å². The first-order chi connectivity index (χ1) is 15.2. The first-order valence-corrected chi connectivity index (χ1v) is 10.3. The number of ether oxygens (including phenoxy) is 2. The minimum atomic E-state index is -4.72. The van der Waals surface area contributed by atoms with Crippen LogP contribution in [0, 0.1) is 11.3 Å². The highest BCUT2D eigenvalue weighted by atomic mass is 35.5. The topological polar surface area (TPSA) is 74.6 Å². The summed E-state index contributed by atoms with van der Waals surface area (Å²) in [5, 5.41) is 11.6. The van der Waals surface area contributed by atoms with Gasteiger partial charge in [0.15, 0.2) is 0 Å². The molecular formula is C22H21ClF3N3O3. The first-order valence-electron chi connectivity index (χ1n) is 9.92. The third kappa shape index (κ3) is 7.04. The van der Waals surface area contributed by atoms with Crippen molar-refractivity contribution in [3.05, 3.63) is 59.1 Å². The number of nitriles is 1. The average molecular weight is 468 g/mol. The minimum absolute atomic E-state index is 0.259. The summed E-state index contributed by atoms with van der Waals surface area (Å²) in [5.41, 5.74) is 0.763. The average Bonchev–Trinajstić information content (AvgIpc) is 2.75. The molecule has 1 amide bonds. The van der Waals surface area contributed by atoms with Crippen molar-refractivity contribution in [2.24, 2.45) is 0 Å². The molecule has 10 heteroatoms. The van der Waals surface area contributed by atoms with Gasteiger partial charge in [-0.1, -0.05) is 11.6 Å². The summed E-state index contributed by atoms with van der Waals surface area (Å²) in [6.07, 6.45) is -7.19. The van der Waals surface area contributed by atoms with Gasteiger partial charge in [-0.15, -0.1) is 0 Å². The molecule has 1 heterocycles. The number of nitrogens with one attached hydrogen (secondary N) is 1. The summed E-state index contributed by atoms with van der Waals surface area (Å²) in [6, 6.07) is 14.5. The molecule has 1 aliphatic rings. The highest BCUT2D eigenvalue weighted by Crippen LogP contribution is 2.26. The predicted octanol–water partition coefficient (Wildman–Crippen LogP) is 5.23. The van der Waals surface area contributed by atoms with Crippen molar-refractivity contribution in [3.8, 4) is 11.8 Å². The number of hydrogen-bond donors (Lipinski definition) is 1. The number of carbonyl (C=O) groups excluding carboxylic acids is 1. The van der Waals surface area contributed by atoms with Crippen LogP contribution in [0.15, 0.2) is 48.5 Å². The summed E-state index contributed by atoms with van der Waals surface area (Å²) in [7, 11) is 0. The van der Waals surface area contributed by atoms with Crippen LogP contribution >= 0.6 is 11.6 Å². The number of benzene rings is 2. The number of rotatable bonds is 6. The van der Waals surface area contributed by atoms with Crippen molar-refractivity contribution in [1.29, 1.82) is 5.26 Å². The number of carbonyl (C=O) groups is 1. The van der Waals surface area contributed by atoms with E-state index in [1.165, 1.54) is 24.3 Å². The molecule has 0 bridgehead atoms. The van der Waals surface area contributed by atoms with E-state index in [1.54, 1.807) is 29.2 Å². The van der Waals surface area contributed by atoms with Gasteiger partial charge in [-0.3, -0.25) is 10.2 Å². The highest BCUT2D eigenvalue weighted by Gasteiger charge is 2.44. The molecule has 170 valence electrons. The van der Waals surface area contributed by atoms with Crippen LogP contribution in [-0.4, -0.2) is 49.0 Å². The zero-order valence-corrected chi connectivity index (χ0v) is 17.7. The quantitative estimate of drug-likeness (QED) is 0.629. The van der Waals surface area contributed by atoms with Gasteiger partial charge in [0.05, 0.1) is 11.6 Å². The molecule has 0 aliphatic carbocycles. The summed E-state index contributed by atoms with van der Waals surface area (Å²) < 4.78 is 51.2. The van der Waals surface area contributed by atoms with Gasteiger partial charge < -0.3 is 9.47 Å². The number of hydrogen-bond acceptors (Lipinski definition) is 5. The molecule has 0 spiro atoms. The zero-order chi connectivity index (χ0) is 23.1. The Morgan fingerprint density at radius 2 is 1.91 bits per heavy atom. The Morgan fingerprint density at radius 1 is 1.22 bits per heavy atom. The van der Waals surface area contributed by atoms with E-state index < -0.39 is 24.9 Å². The maximum Gasteiger partial charge on any atom is 0.426 e. The Hall–Kier alpha value is -2.96. The van der Waals surface area contributed by atoms with Gasteiger partial charge in [0, 0.05) is 23.8 Å². The fraction of sp³-hybridized carbons (Fsp3) is 0.364. The number of likely N-dealkylation sites (tertiary alicyclic amines) is 1. The second kappa shape index (κ2) is 10.6. The number of piperidine rings is 1. The van der Waals surface area contributed by atoms with Crippen LogP contribution in [0.2, 0.25) is 5.02 Å². The third-order valence-corrected chi connectivity index (χ3v) is 5.13. The van der Waals surface area contributed by atoms with Crippen molar-refractivity contribution in [2.75, 3.05) is 25.0 Å². The molecule has 1 unspecified atom stereocenters. The standard InChI is InChI=1S/C22H21ClF3N3O3/c23-16-5-7-17(8-6-16)28-21(30)32-20(22(24,25)26)14-29-11-1-2-19(13-29)31-18-9-3-15(12-27)4-10-18/h3-10,19-20H,1-2,11,13-14H2,(H,28,30)/t19-,20?/m0/s1. The molecule has 2 atom stereocenters. The van der Waals surface area contributed by atoms with Crippen LogP contribution in [0.3, 0.4) is 0 Å². The fourth-order valence-electron chi connectivity index (χ4n) is 3.33. The van der Waals surface area contributed by atoms with Crippen molar-refractivity contribution < 1.29 is 27.4 Å². The molecule has 0 saturated carbocycles. The number of alkyl halides is 3. The largest absolute Gasteiger partial charge is 0.489 e. The van der Waals surface area contributed by atoms with Crippen LogP contribution in [0.4, 0.5) is 23.7 Å². The third-order valence-electron chi connectivity index (χ3n) is 4.88. The molecule has 1 aliphatic heterocycles. The van der Waals surface area contributed by atoms with E-state index in [2.05, 4.69) is 5.32 Å². The molecule has 0 aromatic heterocycles. The Labute approximate surface area is 188 Å². The van der Waals surface area contributed by atoms with Crippen molar-refractivity contribution >= 4 is 23.4 Å². The normalized spacial score (nSPS) is 17.8. The van der Waals surface area contributed by atoms with Gasteiger partial charge in [0.25, 0.3) is 0 Å². The van der Waals surface area contributed by atoms with E-state index in [0.29, 0.717) is 35.7 Å². The first kappa shape index (κ1) is 23.7. The Kier molecular flexibility index (Phi) is 7.83. The minimum Gasteiger partial charge on any atom is -0.489 e. The SMILES string of the molecule is N#Cc1ccc(O[C@H]2CCCN(CC(OC(=O)Nc3ccc(Cl)cc3)C(F)(F)F)C2)cc1. The van der Waals surface area contributed by atoms with E-state index in [9.17, 15) is 18.0 Å². The van der Waals surface area contributed by atoms with Crippen LogP contribution in [-0.2, 0) is 4.74 Å². The van der Waals surface area contributed by atoms with E-state index in [-0.39, 0.29) is 18.3 Å². The van der Waals surface area contributed by atoms with Gasteiger partial charge in [-0.2, -0.15) is 18.4 Å². The van der Waals surface area contributed by atoms with E-state index >= 15 is 0 Å². The summed E-state index contributed by atoms with van der Waals surface area (Å²) in [5.74, 6) is 0.543. The molecule has 1 N–H and O–H groups in total. The van der Waals surface area contributed by atoms with Crippen LogP contribution in [0.5, 0.6) is 5.75 Å². The Balaban J connectivity index is 1.57. The second-order valence-electron chi connectivity index (χ2n) is 7.35. The number of halogens is 4. The molecule has 6 nitrogen and oxygen atoms in total. The van der Waals surface area contributed by atoms with E-state index in [1.807, 2.05) is 6.07 Å². The van der Waals surface area contributed by atoms with Crippen LogP contribution in [0.1, 0.15) is 18.4 Å². The lowest BCUT2D eigenvalue weighted by Crippen LogP contribution is -2.49. The lowest BCUT2D eigenvalue weighted by molar-refractivity contribution is -0.207. The second-order valence-corrected chi connectivity index (χ2v) is 7.78. The smallest absolute Gasteiger partial charge is 0.426 e. The van der Waals surface area contributed by atoms with Crippen molar-refractivity contribution in [1.82, 2.24) is 4.90 Å². The van der Waals surface area contributed by atoms with Crippen molar-refractivity contribution in [2.45, 2.75) is 31.2 Å². The number of amides is 1. The molecule has 1 saturated heterocycles. The molecule has 32 heavy (non-hydrogen) atoms. The maximum absolute atomic E-state index is 13.5. The van der Waals surface area contributed by atoms with Crippen molar-refractivity contribution in [3.63, 3.8) is 0 Å². The molecular weight excluding hydrogens is 447 g/mol. The molecule has 1 fully saturated rings. The maximum atomic E-state index is 13.5. The molecule has 2 aromatic carbocycles. The van der Waals surface area contributed by atoms with E-state index in [4.69, 9.17) is 26.3 Å².